The lowest BCUT2D eigenvalue weighted by Crippen LogP contribution is -2.07. The Labute approximate surface area is 104 Å². The SMILES string of the molecule is COC(=O)CCn1cnc(-c2ccc(N)cc2)n1. The van der Waals surface area contributed by atoms with E-state index in [-0.39, 0.29) is 12.4 Å². The Hall–Kier alpha value is -2.37. The van der Waals surface area contributed by atoms with E-state index in [1.807, 2.05) is 12.1 Å². The lowest BCUT2D eigenvalue weighted by atomic mass is 10.2. The van der Waals surface area contributed by atoms with E-state index in [1.54, 1.807) is 23.1 Å². The van der Waals surface area contributed by atoms with Gasteiger partial charge in [-0.3, -0.25) is 9.48 Å². The number of anilines is 1. The Bertz CT molecular complexity index is 533. The van der Waals surface area contributed by atoms with Crippen LogP contribution in [0.5, 0.6) is 0 Å². The molecular formula is C12H14N4O2. The minimum atomic E-state index is -0.264. The summed E-state index contributed by atoms with van der Waals surface area (Å²) in [5.41, 5.74) is 7.20. The molecule has 6 nitrogen and oxygen atoms in total. The molecule has 2 rings (SSSR count). The lowest BCUT2D eigenvalue weighted by Gasteiger charge is -1.99. The Morgan fingerprint density at radius 2 is 2.11 bits per heavy atom. The van der Waals surface area contributed by atoms with E-state index < -0.39 is 0 Å². The third-order valence-electron chi connectivity index (χ3n) is 2.48. The van der Waals surface area contributed by atoms with E-state index in [4.69, 9.17) is 5.73 Å². The summed E-state index contributed by atoms with van der Waals surface area (Å²) >= 11 is 0. The number of esters is 1. The van der Waals surface area contributed by atoms with Crippen LogP contribution in [0.4, 0.5) is 5.69 Å². The molecule has 0 spiro atoms. The topological polar surface area (TPSA) is 83.0 Å². The van der Waals surface area contributed by atoms with Gasteiger partial charge in [0.15, 0.2) is 5.82 Å². The number of aryl methyl sites for hydroxylation is 1. The van der Waals surface area contributed by atoms with Gasteiger partial charge in [0, 0.05) is 11.3 Å². The Kier molecular flexibility index (Phi) is 3.57. The maximum absolute atomic E-state index is 11.0. The fourth-order valence-corrected chi connectivity index (χ4v) is 1.47. The van der Waals surface area contributed by atoms with Crippen LogP contribution >= 0.6 is 0 Å². The molecule has 0 saturated heterocycles. The van der Waals surface area contributed by atoms with Gasteiger partial charge in [0.2, 0.25) is 0 Å². The summed E-state index contributed by atoms with van der Waals surface area (Å²) in [6.45, 7) is 0.453. The number of benzene rings is 1. The first-order chi connectivity index (χ1) is 8.69. The highest BCUT2D eigenvalue weighted by Gasteiger charge is 2.06. The standard InChI is InChI=1S/C12H14N4O2/c1-18-11(17)6-7-16-8-14-12(15-16)9-2-4-10(13)5-3-9/h2-5,8H,6-7,13H2,1H3. The number of nitrogens with two attached hydrogens (primary N) is 1. The first-order valence-corrected chi connectivity index (χ1v) is 5.51. The maximum Gasteiger partial charge on any atom is 0.307 e. The second kappa shape index (κ2) is 5.31. The summed E-state index contributed by atoms with van der Waals surface area (Å²) in [7, 11) is 1.36. The molecule has 1 aromatic carbocycles. The van der Waals surface area contributed by atoms with Crippen molar-refractivity contribution in [3.05, 3.63) is 30.6 Å². The number of rotatable bonds is 4. The van der Waals surface area contributed by atoms with Gasteiger partial charge in [-0.25, -0.2) is 4.98 Å². The van der Waals surface area contributed by atoms with Gasteiger partial charge in [-0.05, 0) is 24.3 Å². The maximum atomic E-state index is 11.0. The van der Waals surface area contributed by atoms with Crippen LogP contribution < -0.4 is 5.73 Å². The molecule has 0 bridgehead atoms. The molecule has 0 unspecified atom stereocenters. The minimum Gasteiger partial charge on any atom is -0.469 e. The van der Waals surface area contributed by atoms with Crippen molar-refractivity contribution in [2.45, 2.75) is 13.0 Å². The van der Waals surface area contributed by atoms with Crippen LogP contribution in [0.1, 0.15) is 6.42 Å². The third kappa shape index (κ3) is 2.85. The van der Waals surface area contributed by atoms with E-state index in [9.17, 15) is 4.79 Å². The Morgan fingerprint density at radius 3 is 2.78 bits per heavy atom. The molecule has 0 fully saturated rings. The number of nitrogen functional groups attached to an aromatic ring is 1. The fraction of sp³-hybridized carbons (Fsp3) is 0.250. The van der Waals surface area contributed by atoms with Crippen LogP contribution in [0.2, 0.25) is 0 Å². The van der Waals surface area contributed by atoms with Crippen LogP contribution in [0.3, 0.4) is 0 Å². The highest BCUT2D eigenvalue weighted by atomic mass is 16.5. The van der Waals surface area contributed by atoms with Crippen LogP contribution in [-0.2, 0) is 16.1 Å². The third-order valence-corrected chi connectivity index (χ3v) is 2.48. The number of hydrogen-bond acceptors (Lipinski definition) is 5. The van der Waals surface area contributed by atoms with Gasteiger partial charge in [-0.15, -0.1) is 0 Å². The molecule has 2 aromatic rings. The summed E-state index contributed by atoms with van der Waals surface area (Å²) in [5.74, 6) is 0.347. The summed E-state index contributed by atoms with van der Waals surface area (Å²) in [6.07, 6.45) is 1.87. The number of hydrogen-bond donors (Lipinski definition) is 1. The zero-order valence-corrected chi connectivity index (χ0v) is 10.0. The second-order valence-corrected chi connectivity index (χ2v) is 3.78. The Morgan fingerprint density at radius 1 is 1.39 bits per heavy atom. The van der Waals surface area contributed by atoms with Crippen LogP contribution in [0.25, 0.3) is 11.4 Å². The molecule has 0 atom stereocenters. The monoisotopic (exact) mass is 246 g/mol. The smallest absolute Gasteiger partial charge is 0.307 e. The first kappa shape index (κ1) is 12.1. The molecule has 0 aliphatic heterocycles. The summed E-state index contributed by atoms with van der Waals surface area (Å²) in [6, 6.07) is 7.31. The number of nitrogens with zero attached hydrogens (tertiary/aromatic N) is 3. The Balaban J connectivity index is 2.06. The molecule has 6 heteroatoms. The van der Waals surface area contributed by atoms with Gasteiger partial charge < -0.3 is 10.5 Å². The molecule has 94 valence electrons. The van der Waals surface area contributed by atoms with Gasteiger partial charge in [0.1, 0.15) is 6.33 Å². The molecule has 0 amide bonds. The van der Waals surface area contributed by atoms with Gasteiger partial charge in [-0.1, -0.05) is 0 Å². The molecule has 0 saturated carbocycles. The zero-order chi connectivity index (χ0) is 13.0. The molecule has 0 aliphatic carbocycles. The second-order valence-electron chi connectivity index (χ2n) is 3.78. The van der Waals surface area contributed by atoms with Crippen molar-refractivity contribution < 1.29 is 9.53 Å². The van der Waals surface area contributed by atoms with Crippen molar-refractivity contribution >= 4 is 11.7 Å². The van der Waals surface area contributed by atoms with Crippen LogP contribution in [0, 0.1) is 0 Å². The largest absolute Gasteiger partial charge is 0.469 e. The van der Waals surface area contributed by atoms with Crippen molar-refractivity contribution in [1.82, 2.24) is 14.8 Å². The van der Waals surface area contributed by atoms with E-state index >= 15 is 0 Å². The number of aromatic nitrogens is 3. The normalized spacial score (nSPS) is 10.3. The van der Waals surface area contributed by atoms with E-state index in [1.165, 1.54) is 7.11 Å². The van der Waals surface area contributed by atoms with Crippen molar-refractivity contribution in [3.8, 4) is 11.4 Å². The van der Waals surface area contributed by atoms with Crippen LogP contribution in [0.15, 0.2) is 30.6 Å². The minimum absolute atomic E-state index is 0.264. The summed E-state index contributed by atoms with van der Waals surface area (Å²) < 4.78 is 6.18. The fourth-order valence-electron chi connectivity index (χ4n) is 1.47. The number of carbonyl (C=O) groups excluding carboxylic acids is 1. The summed E-state index contributed by atoms with van der Waals surface area (Å²) in [5, 5.41) is 4.27. The molecule has 1 aromatic heterocycles. The van der Waals surface area contributed by atoms with Gasteiger partial charge in [0.05, 0.1) is 20.1 Å². The molecule has 1 heterocycles. The molecule has 0 radical (unpaired) electrons. The number of methoxy groups -OCH3 is 1. The lowest BCUT2D eigenvalue weighted by molar-refractivity contribution is -0.140. The van der Waals surface area contributed by atoms with Gasteiger partial charge in [-0.2, -0.15) is 5.10 Å². The highest BCUT2D eigenvalue weighted by Crippen LogP contribution is 2.15. The van der Waals surface area contributed by atoms with Crippen molar-refractivity contribution in [3.63, 3.8) is 0 Å². The van der Waals surface area contributed by atoms with Crippen molar-refractivity contribution in [1.29, 1.82) is 0 Å². The van der Waals surface area contributed by atoms with Gasteiger partial charge in [0.25, 0.3) is 0 Å². The van der Waals surface area contributed by atoms with E-state index in [0.717, 1.165) is 5.56 Å². The number of ether oxygens (including phenoxy) is 1. The van der Waals surface area contributed by atoms with Crippen LogP contribution in [-0.4, -0.2) is 27.8 Å². The van der Waals surface area contributed by atoms with E-state index in [0.29, 0.717) is 18.1 Å². The highest BCUT2D eigenvalue weighted by molar-refractivity contribution is 5.69. The zero-order valence-electron chi connectivity index (χ0n) is 10.0. The predicted octanol–water partition coefficient (Wildman–Crippen LogP) is 1.09. The average Bonchev–Trinajstić information content (AvgIpc) is 2.85. The van der Waals surface area contributed by atoms with Gasteiger partial charge >= 0.3 is 5.97 Å². The molecule has 0 aliphatic rings. The molecular weight excluding hydrogens is 232 g/mol. The molecule has 2 N–H and O–H groups in total. The van der Waals surface area contributed by atoms with Crippen molar-refractivity contribution in [2.24, 2.45) is 0 Å². The number of carbonyl (C=O) groups is 1. The average molecular weight is 246 g/mol. The predicted molar refractivity (Wildman–Crippen MR) is 66.5 cm³/mol. The van der Waals surface area contributed by atoms with Crippen molar-refractivity contribution in [2.75, 3.05) is 12.8 Å². The first-order valence-electron chi connectivity index (χ1n) is 5.51. The molecule has 18 heavy (non-hydrogen) atoms. The quantitative estimate of drug-likeness (QED) is 0.645. The summed E-state index contributed by atoms with van der Waals surface area (Å²) in [4.78, 5) is 15.2. The van der Waals surface area contributed by atoms with E-state index in [2.05, 4.69) is 14.8 Å².